The molecular weight excluding hydrogens is 366 g/mol. The van der Waals surface area contributed by atoms with Crippen molar-refractivity contribution in [3.63, 3.8) is 0 Å². The van der Waals surface area contributed by atoms with Crippen molar-refractivity contribution >= 4 is 11.8 Å². The van der Waals surface area contributed by atoms with Crippen LogP contribution in [0.25, 0.3) is 0 Å². The molecule has 0 unspecified atom stereocenters. The van der Waals surface area contributed by atoms with E-state index in [9.17, 15) is 9.59 Å². The Labute approximate surface area is 172 Å². The van der Waals surface area contributed by atoms with Crippen LogP contribution in [-0.2, 0) is 22.6 Å². The van der Waals surface area contributed by atoms with Crippen LogP contribution >= 0.6 is 0 Å². The second-order valence-electron chi connectivity index (χ2n) is 9.23. The van der Waals surface area contributed by atoms with Gasteiger partial charge in [-0.2, -0.15) is 0 Å². The summed E-state index contributed by atoms with van der Waals surface area (Å²) >= 11 is 0. The lowest BCUT2D eigenvalue weighted by Gasteiger charge is -2.31. The number of amides is 2. The van der Waals surface area contributed by atoms with Crippen LogP contribution in [-0.4, -0.2) is 69.2 Å². The number of rotatable bonds is 3. The molecule has 4 aliphatic rings. The van der Waals surface area contributed by atoms with E-state index in [2.05, 4.69) is 16.9 Å². The first-order valence-corrected chi connectivity index (χ1v) is 11.2. The van der Waals surface area contributed by atoms with Gasteiger partial charge in [0.2, 0.25) is 11.8 Å². The third-order valence-electron chi connectivity index (χ3n) is 7.36. The van der Waals surface area contributed by atoms with E-state index in [0.717, 1.165) is 49.3 Å². The van der Waals surface area contributed by atoms with E-state index in [1.807, 2.05) is 16.0 Å². The summed E-state index contributed by atoms with van der Waals surface area (Å²) in [5.74, 6) is 1.04. The summed E-state index contributed by atoms with van der Waals surface area (Å²) < 4.78 is 0. The molecule has 1 aromatic rings. The predicted octanol–water partition coefficient (Wildman–Crippen LogP) is 1.92. The Morgan fingerprint density at radius 3 is 2.72 bits per heavy atom. The van der Waals surface area contributed by atoms with Crippen molar-refractivity contribution in [2.75, 3.05) is 26.7 Å². The Hall–Kier alpha value is -2.02. The molecule has 1 aromatic heterocycles. The molecule has 5 rings (SSSR count). The van der Waals surface area contributed by atoms with E-state index < -0.39 is 0 Å². The van der Waals surface area contributed by atoms with Gasteiger partial charge in [0.25, 0.3) is 0 Å². The zero-order chi connectivity index (χ0) is 20.0. The maximum Gasteiger partial charge on any atom is 0.228 e. The molecule has 156 valence electrons. The molecule has 1 saturated carbocycles. The van der Waals surface area contributed by atoms with E-state index in [1.54, 1.807) is 0 Å². The SMILES string of the molecule is CN1CCC[C@H]1c1ncc2c(n1)CCN(C(=O)[C@@H]1CC(=O)N(C3CCCC3)C1)C2. The van der Waals surface area contributed by atoms with E-state index in [1.165, 1.54) is 19.3 Å². The van der Waals surface area contributed by atoms with Crippen LogP contribution in [0.15, 0.2) is 6.20 Å². The van der Waals surface area contributed by atoms with Crippen molar-refractivity contribution in [2.24, 2.45) is 5.92 Å². The van der Waals surface area contributed by atoms with Crippen molar-refractivity contribution in [1.82, 2.24) is 24.7 Å². The van der Waals surface area contributed by atoms with Crippen LogP contribution in [0.1, 0.15) is 68.1 Å². The van der Waals surface area contributed by atoms with E-state index in [4.69, 9.17) is 4.98 Å². The number of hydrogen-bond acceptors (Lipinski definition) is 5. The Balaban J connectivity index is 1.25. The Bertz CT molecular complexity index is 806. The highest BCUT2D eigenvalue weighted by Crippen LogP contribution is 2.32. The maximum atomic E-state index is 13.1. The number of fused-ring (bicyclic) bond motifs is 1. The quantitative estimate of drug-likeness (QED) is 0.779. The minimum atomic E-state index is -0.183. The number of aromatic nitrogens is 2. The van der Waals surface area contributed by atoms with Crippen LogP contribution in [0, 0.1) is 5.92 Å². The molecule has 0 spiro atoms. The number of carbonyl (C=O) groups excluding carboxylic acids is 2. The summed E-state index contributed by atoms with van der Waals surface area (Å²) in [7, 11) is 2.14. The highest BCUT2D eigenvalue weighted by Gasteiger charge is 2.40. The molecule has 3 aliphatic heterocycles. The monoisotopic (exact) mass is 397 g/mol. The molecule has 1 aliphatic carbocycles. The zero-order valence-electron chi connectivity index (χ0n) is 17.3. The first kappa shape index (κ1) is 19.0. The second kappa shape index (κ2) is 7.67. The molecule has 2 saturated heterocycles. The molecule has 7 nitrogen and oxygen atoms in total. The summed E-state index contributed by atoms with van der Waals surface area (Å²) in [4.78, 5) is 41.3. The fourth-order valence-electron chi connectivity index (χ4n) is 5.64. The maximum absolute atomic E-state index is 13.1. The van der Waals surface area contributed by atoms with Crippen LogP contribution in [0.4, 0.5) is 0 Å². The molecule has 2 amide bonds. The van der Waals surface area contributed by atoms with Gasteiger partial charge in [-0.3, -0.25) is 14.5 Å². The van der Waals surface area contributed by atoms with Gasteiger partial charge >= 0.3 is 0 Å². The Kier molecular flexibility index (Phi) is 5.02. The lowest BCUT2D eigenvalue weighted by Crippen LogP contribution is -2.42. The molecule has 4 heterocycles. The molecule has 3 fully saturated rings. The van der Waals surface area contributed by atoms with Crippen molar-refractivity contribution in [2.45, 2.75) is 70.0 Å². The average molecular weight is 398 g/mol. The van der Waals surface area contributed by atoms with Gasteiger partial charge in [-0.05, 0) is 39.3 Å². The first-order chi connectivity index (χ1) is 14.1. The van der Waals surface area contributed by atoms with Gasteiger partial charge in [0.05, 0.1) is 17.7 Å². The minimum Gasteiger partial charge on any atom is -0.339 e. The molecular formula is C22H31N5O2. The van der Waals surface area contributed by atoms with E-state index in [0.29, 0.717) is 38.1 Å². The fourth-order valence-corrected chi connectivity index (χ4v) is 5.64. The van der Waals surface area contributed by atoms with Gasteiger partial charge in [-0.25, -0.2) is 9.97 Å². The van der Waals surface area contributed by atoms with Crippen LogP contribution in [0.2, 0.25) is 0 Å². The number of likely N-dealkylation sites (tertiary alicyclic amines) is 2. The Morgan fingerprint density at radius 1 is 1.14 bits per heavy atom. The summed E-state index contributed by atoms with van der Waals surface area (Å²) in [6.07, 6.45) is 9.99. The third kappa shape index (κ3) is 3.54. The topological polar surface area (TPSA) is 69.6 Å². The molecule has 0 bridgehead atoms. The van der Waals surface area contributed by atoms with Crippen molar-refractivity contribution in [3.8, 4) is 0 Å². The summed E-state index contributed by atoms with van der Waals surface area (Å²) in [5, 5.41) is 0. The number of hydrogen-bond donors (Lipinski definition) is 0. The molecule has 29 heavy (non-hydrogen) atoms. The number of carbonyl (C=O) groups is 2. The van der Waals surface area contributed by atoms with Crippen molar-refractivity contribution < 1.29 is 9.59 Å². The average Bonchev–Trinajstić information content (AvgIpc) is 3.47. The summed E-state index contributed by atoms with van der Waals surface area (Å²) in [6.45, 7) is 2.97. The lowest BCUT2D eigenvalue weighted by molar-refractivity contribution is -0.136. The Morgan fingerprint density at radius 2 is 1.97 bits per heavy atom. The molecule has 0 aromatic carbocycles. The summed E-state index contributed by atoms with van der Waals surface area (Å²) in [5.41, 5.74) is 2.15. The van der Waals surface area contributed by atoms with Gasteiger partial charge < -0.3 is 9.80 Å². The highest BCUT2D eigenvalue weighted by molar-refractivity contribution is 5.89. The van der Waals surface area contributed by atoms with Crippen LogP contribution in [0.5, 0.6) is 0 Å². The lowest BCUT2D eigenvalue weighted by atomic mass is 10.0. The predicted molar refractivity (Wildman–Crippen MR) is 108 cm³/mol. The third-order valence-corrected chi connectivity index (χ3v) is 7.36. The number of nitrogens with zero attached hydrogens (tertiary/aromatic N) is 5. The van der Waals surface area contributed by atoms with Gasteiger partial charge in [0.1, 0.15) is 5.82 Å². The highest BCUT2D eigenvalue weighted by atomic mass is 16.2. The molecule has 0 radical (unpaired) electrons. The van der Waals surface area contributed by atoms with Crippen LogP contribution in [0.3, 0.4) is 0 Å². The summed E-state index contributed by atoms with van der Waals surface area (Å²) in [6, 6.07) is 0.689. The standard InChI is InChI=1S/C22H31N5O2/c1-25-9-4-7-19(25)21-23-12-16-13-26(10-8-18(16)24-21)22(29)15-11-20(28)27(14-15)17-5-2-3-6-17/h12,15,17,19H,2-11,13-14H2,1H3/t15-,19+/m1/s1. The first-order valence-electron chi connectivity index (χ1n) is 11.2. The molecule has 7 heteroatoms. The molecule has 2 atom stereocenters. The second-order valence-corrected chi connectivity index (χ2v) is 9.23. The van der Waals surface area contributed by atoms with Crippen molar-refractivity contribution in [3.05, 3.63) is 23.3 Å². The fraction of sp³-hybridized carbons (Fsp3) is 0.727. The van der Waals surface area contributed by atoms with Crippen LogP contribution < -0.4 is 0 Å². The molecule has 0 N–H and O–H groups in total. The van der Waals surface area contributed by atoms with Gasteiger partial charge in [-0.15, -0.1) is 0 Å². The van der Waals surface area contributed by atoms with E-state index in [-0.39, 0.29) is 17.7 Å². The van der Waals surface area contributed by atoms with Gasteiger partial charge in [0, 0.05) is 50.3 Å². The van der Waals surface area contributed by atoms with Crippen molar-refractivity contribution in [1.29, 1.82) is 0 Å². The van der Waals surface area contributed by atoms with Gasteiger partial charge in [0.15, 0.2) is 0 Å². The minimum absolute atomic E-state index is 0.129. The van der Waals surface area contributed by atoms with E-state index >= 15 is 0 Å². The largest absolute Gasteiger partial charge is 0.339 e. The smallest absolute Gasteiger partial charge is 0.228 e. The normalized spacial score (nSPS) is 28.4. The van der Waals surface area contributed by atoms with Gasteiger partial charge in [-0.1, -0.05) is 12.8 Å². The zero-order valence-corrected chi connectivity index (χ0v) is 17.3.